The van der Waals surface area contributed by atoms with E-state index in [2.05, 4.69) is 22.5 Å². The normalized spacial score (nSPS) is 10.5. The molecule has 0 fully saturated rings. The van der Waals surface area contributed by atoms with Gasteiger partial charge in [0.25, 0.3) is 0 Å². The monoisotopic (exact) mass is 366 g/mol. The summed E-state index contributed by atoms with van der Waals surface area (Å²) in [5, 5.41) is 0. The van der Waals surface area contributed by atoms with Crippen LogP contribution >= 0.6 is 9.47 Å². The molecule has 26 heavy (non-hydrogen) atoms. The van der Waals surface area contributed by atoms with Gasteiger partial charge >= 0.3 is 0 Å². The summed E-state index contributed by atoms with van der Waals surface area (Å²) in [5.74, 6) is 3.43. The van der Waals surface area contributed by atoms with Crippen molar-refractivity contribution in [1.82, 2.24) is 0 Å². The first kappa shape index (κ1) is 18.3. The first-order valence-electron chi connectivity index (χ1n) is 8.47. The number of aryl methyl sites for hydroxylation is 4. The van der Waals surface area contributed by atoms with Crippen molar-refractivity contribution >= 4 is 9.47 Å². The third-order valence-electron chi connectivity index (χ3n) is 4.10. The van der Waals surface area contributed by atoms with Crippen molar-refractivity contribution in [3.8, 4) is 28.7 Å². The van der Waals surface area contributed by atoms with E-state index in [0.717, 1.165) is 22.4 Å². The quantitative estimate of drug-likeness (QED) is 0.472. The maximum atomic E-state index is 6.18. The highest BCUT2D eigenvalue weighted by Gasteiger charge is 2.13. The largest absolute Gasteiger partial charge is 0.476 e. The van der Waals surface area contributed by atoms with Crippen molar-refractivity contribution in [3.05, 3.63) is 76.9 Å². The highest BCUT2D eigenvalue weighted by molar-refractivity contribution is 7.10. The van der Waals surface area contributed by atoms with Gasteiger partial charge in [0, 0.05) is 0 Å². The van der Waals surface area contributed by atoms with Crippen LogP contribution < -0.4 is 14.0 Å². The third-order valence-corrected chi connectivity index (χ3v) is 4.35. The summed E-state index contributed by atoms with van der Waals surface area (Å²) in [6.45, 7) is 8.16. The lowest BCUT2D eigenvalue weighted by molar-refractivity contribution is 0.408. The Kier molecular flexibility index (Phi) is 5.49. The van der Waals surface area contributed by atoms with Gasteiger partial charge in [-0.2, -0.15) is 0 Å². The van der Waals surface area contributed by atoms with Crippen LogP contribution in [0.4, 0.5) is 0 Å². The molecular formula is C22H23O3P. The van der Waals surface area contributed by atoms with Crippen LogP contribution in [0.15, 0.2) is 54.6 Å². The predicted molar refractivity (Wildman–Crippen MR) is 109 cm³/mol. The molecule has 0 radical (unpaired) electrons. The fourth-order valence-corrected chi connectivity index (χ4v) is 2.92. The van der Waals surface area contributed by atoms with E-state index < -0.39 is 0 Å². The smallest absolute Gasteiger partial charge is 0.170 e. The van der Waals surface area contributed by atoms with E-state index >= 15 is 0 Å². The van der Waals surface area contributed by atoms with Crippen molar-refractivity contribution in [2.75, 3.05) is 0 Å². The van der Waals surface area contributed by atoms with Crippen molar-refractivity contribution < 1.29 is 14.0 Å². The van der Waals surface area contributed by atoms with Crippen molar-refractivity contribution in [2.45, 2.75) is 27.7 Å². The van der Waals surface area contributed by atoms with E-state index in [1.807, 2.05) is 69.3 Å². The molecular weight excluding hydrogens is 343 g/mol. The fraction of sp³-hybridized carbons (Fsp3) is 0.182. The minimum atomic E-state index is 0.643. The molecule has 1 atom stereocenters. The summed E-state index contributed by atoms with van der Waals surface area (Å²) in [4.78, 5) is 0. The van der Waals surface area contributed by atoms with Crippen LogP contribution in [0.1, 0.15) is 22.3 Å². The second-order valence-electron chi connectivity index (χ2n) is 6.49. The molecule has 3 nitrogen and oxygen atoms in total. The van der Waals surface area contributed by atoms with Gasteiger partial charge in [0.2, 0.25) is 0 Å². The minimum absolute atomic E-state index is 0.643. The topological polar surface area (TPSA) is 27.7 Å². The lowest BCUT2D eigenvalue weighted by Gasteiger charge is -2.16. The Morgan fingerprint density at radius 2 is 1.00 bits per heavy atom. The number of benzene rings is 3. The Balaban J connectivity index is 1.97. The van der Waals surface area contributed by atoms with E-state index in [1.54, 1.807) is 0 Å². The van der Waals surface area contributed by atoms with Gasteiger partial charge in [-0.3, -0.25) is 0 Å². The van der Waals surface area contributed by atoms with Crippen LogP contribution in [0.3, 0.4) is 0 Å². The molecule has 0 saturated heterocycles. The summed E-state index contributed by atoms with van der Waals surface area (Å²) in [6.07, 6.45) is 0. The summed E-state index contributed by atoms with van der Waals surface area (Å²) < 4.78 is 17.7. The molecule has 0 aliphatic carbocycles. The average molecular weight is 366 g/mol. The summed E-state index contributed by atoms with van der Waals surface area (Å²) in [6, 6.07) is 17.8. The zero-order chi connectivity index (χ0) is 18.7. The highest BCUT2D eigenvalue weighted by Crippen LogP contribution is 2.40. The first-order valence-corrected chi connectivity index (χ1v) is 8.94. The van der Waals surface area contributed by atoms with Gasteiger partial charge in [-0.15, -0.1) is 0 Å². The predicted octanol–water partition coefficient (Wildman–Crippen LogP) is 6.67. The number of hydrogen-bond acceptors (Lipinski definition) is 3. The van der Waals surface area contributed by atoms with Crippen LogP contribution in [0.2, 0.25) is 0 Å². The van der Waals surface area contributed by atoms with Gasteiger partial charge in [0.05, 0.1) is 9.47 Å². The van der Waals surface area contributed by atoms with Crippen LogP contribution in [0.25, 0.3) is 0 Å². The van der Waals surface area contributed by atoms with Gasteiger partial charge in [0.15, 0.2) is 23.0 Å². The highest BCUT2D eigenvalue weighted by atomic mass is 31.0. The van der Waals surface area contributed by atoms with Crippen LogP contribution in [0, 0.1) is 27.7 Å². The molecule has 4 heteroatoms. The zero-order valence-electron chi connectivity index (χ0n) is 15.5. The lowest BCUT2D eigenvalue weighted by Crippen LogP contribution is -1.94. The van der Waals surface area contributed by atoms with E-state index in [9.17, 15) is 0 Å². The minimum Gasteiger partial charge on any atom is -0.476 e. The van der Waals surface area contributed by atoms with Crippen LogP contribution in [0.5, 0.6) is 28.7 Å². The molecule has 0 heterocycles. The summed E-state index contributed by atoms with van der Waals surface area (Å²) in [5.41, 5.74) is 4.48. The number of rotatable bonds is 5. The van der Waals surface area contributed by atoms with E-state index in [1.165, 1.54) is 5.56 Å². The molecule has 3 aromatic carbocycles. The third kappa shape index (κ3) is 4.17. The molecule has 0 bridgehead atoms. The maximum absolute atomic E-state index is 6.18. The second kappa shape index (κ2) is 7.80. The Hall–Kier alpha value is -2.51. The van der Waals surface area contributed by atoms with Crippen molar-refractivity contribution in [3.63, 3.8) is 0 Å². The lowest BCUT2D eigenvalue weighted by atomic mass is 10.1. The molecule has 0 aliphatic heterocycles. The number of ether oxygens (including phenoxy) is 2. The first-order chi connectivity index (χ1) is 12.5. The van der Waals surface area contributed by atoms with E-state index in [0.29, 0.717) is 23.0 Å². The molecule has 0 amide bonds. The van der Waals surface area contributed by atoms with Crippen molar-refractivity contribution in [1.29, 1.82) is 0 Å². The van der Waals surface area contributed by atoms with Gasteiger partial charge < -0.3 is 14.0 Å². The maximum Gasteiger partial charge on any atom is 0.170 e. The van der Waals surface area contributed by atoms with Gasteiger partial charge in [-0.1, -0.05) is 29.8 Å². The van der Waals surface area contributed by atoms with Gasteiger partial charge in [-0.05, 0) is 74.7 Å². The van der Waals surface area contributed by atoms with Crippen LogP contribution in [-0.4, -0.2) is 0 Å². The standard InChI is InChI=1S/C22H23O3P/c1-14-5-8-18(17(4)11-14)23-21-12-15(2)6-9-19(21)24-22-13-16(3)7-10-20(22)25-26/h5-13H,26H2,1-4H3. The Bertz CT molecular complexity index is 935. The Morgan fingerprint density at radius 3 is 1.58 bits per heavy atom. The Labute approximate surface area is 157 Å². The summed E-state index contributed by atoms with van der Waals surface area (Å²) in [7, 11) is 2.26. The molecule has 0 aliphatic rings. The average Bonchev–Trinajstić information content (AvgIpc) is 2.60. The molecule has 0 spiro atoms. The molecule has 3 rings (SSSR count). The molecule has 134 valence electrons. The molecule has 0 aromatic heterocycles. The van der Waals surface area contributed by atoms with E-state index in [-0.39, 0.29) is 0 Å². The SMILES string of the molecule is Cc1ccc(Oc2cc(C)ccc2Oc2cc(C)ccc2OP)c(C)c1. The van der Waals surface area contributed by atoms with Gasteiger partial charge in [-0.25, -0.2) is 0 Å². The number of hydrogen-bond donors (Lipinski definition) is 0. The zero-order valence-corrected chi connectivity index (χ0v) is 16.7. The second-order valence-corrected chi connectivity index (χ2v) is 6.73. The molecule has 1 unspecified atom stereocenters. The molecule has 0 N–H and O–H groups in total. The Morgan fingerprint density at radius 1 is 0.538 bits per heavy atom. The van der Waals surface area contributed by atoms with Gasteiger partial charge in [0.1, 0.15) is 5.75 Å². The van der Waals surface area contributed by atoms with E-state index in [4.69, 9.17) is 14.0 Å². The fourth-order valence-electron chi connectivity index (χ4n) is 2.72. The summed E-state index contributed by atoms with van der Waals surface area (Å²) >= 11 is 0. The molecule has 3 aromatic rings. The van der Waals surface area contributed by atoms with Crippen LogP contribution in [-0.2, 0) is 0 Å². The molecule has 0 saturated carbocycles. The van der Waals surface area contributed by atoms with Crippen molar-refractivity contribution in [2.24, 2.45) is 0 Å².